The Bertz CT molecular complexity index is 615. The van der Waals surface area contributed by atoms with Crippen LogP contribution in [0.2, 0.25) is 0 Å². The van der Waals surface area contributed by atoms with Crippen LogP contribution in [-0.4, -0.2) is 5.91 Å². The molecule has 0 aliphatic heterocycles. The van der Waals surface area contributed by atoms with E-state index in [1.54, 1.807) is 24.5 Å². The topological polar surface area (TPSA) is 42.2 Å². The van der Waals surface area contributed by atoms with Crippen LogP contribution in [0.15, 0.2) is 45.5 Å². The fourth-order valence-corrected chi connectivity index (χ4v) is 2.07. The molecule has 0 saturated carbocycles. The molecule has 0 aliphatic carbocycles. The van der Waals surface area contributed by atoms with Gasteiger partial charge in [0.15, 0.2) is 0 Å². The number of furan rings is 1. The number of nitrogens with one attached hydrogen (secondary N) is 1. The average Bonchev–Trinajstić information content (AvgIpc) is 2.90. The third kappa shape index (κ3) is 3.35. The molecule has 19 heavy (non-hydrogen) atoms. The lowest BCUT2D eigenvalue weighted by molar-refractivity contribution is -0.111. The van der Waals surface area contributed by atoms with Crippen molar-refractivity contribution >= 4 is 33.6 Å². The van der Waals surface area contributed by atoms with E-state index in [2.05, 4.69) is 21.2 Å². The second-order valence-electron chi connectivity index (χ2n) is 4.18. The standard InChI is InChI=1S/C15H14BrNO2/c1-10-11(2)14(7-6-13(10)16)17-15(18)8-5-12-4-3-9-19-12/h3-9H,1-2H3,(H,17,18). The first kappa shape index (κ1) is 13.6. The van der Waals surface area contributed by atoms with Crippen molar-refractivity contribution in [3.05, 3.63) is 58.0 Å². The molecule has 0 atom stereocenters. The van der Waals surface area contributed by atoms with Gasteiger partial charge in [-0.15, -0.1) is 0 Å². The summed E-state index contributed by atoms with van der Waals surface area (Å²) in [6.45, 7) is 3.99. The molecule has 4 heteroatoms. The molecule has 2 rings (SSSR count). The Hall–Kier alpha value is -1.81. The van der Waals surface area contributed by atoms with Gasteiger partial charge in [0.1, 0.15) is 5.76 Å². The molecule has 0 unspecified atom stereocenters. The Morgan fingerprint density at radius 2 is 2.05 bits per heavy atom. The van der Waals surface area contributed by atoms with E-state index in [-0.39, 0.29) is 5.91 Å². The molecular weight excluding hydrogens is 306 g/mol. The monoisotopic (exact) mass is 319 g/mol. The molecule has 1 aromatic carbocycles. The summed E-state index contributed by atoms with van der Waals surface area (Å²) >= 11 is 3.46. The quantitative estimate of drug-likeness (QED) is 0.856. The molecule has 1 amide bonds. The van der Waals surface area contributed by atoms with Crippen molar-refractivity contribution in [3.8, 4) is 0 Å². The maximum atomic E-state index is 11.8. The van der Waals surface area contributed by atoms with Crippen LogP contribution in [-0.2, 0) is 4.79 Å². The van der Waals surface area contributed by atoms with Crippen LogP contribution in [0.1, 0.15) is 16.9 Å². The summed E-state index contributed by atoms with van der Waals surface area (Å²) in [5.74, 6) is 0.472. The zero-order valence-corrected chi connectivity index (χ0v) is 12.3. The highest BCUT2D eigenvalue weighted by molar-refractivity contribution is 9.10. The van der Waals surface area contributed by atoms with Crippen molar-refractivity contribution in [1.29, 1.82) is 0 Å². The number of halogens is 1. The minimum Gasteiger partial charge on any atom is -0.465 e. The minimum absolute atomic E-state index is 0.179. The van der Waals surface area contributed by atoms with Crippen LogP contribution >= 0.6 is 15.9 Å². The number of benzene rings is 1. The number of anilines is 1. The Labute approximate surface area is 120 Å². The Kier molecular flexibility index (Phi) is 4.22. The fraction of sp³-hybridized carbons (Fsp3) is 0.133. The average molecular weight is 320 g/mol. The minimum atomic E-state index is -0.179. The van der Waals surface area contributed by atoms with Gasteiger partial charge in [-0.2, -0.15) is 0 Å². The molecule has 3 nitrogen and oxygen atoms in total. The summed E-state index contributed by atoms with van der Waals surface area (Å²) in [6, 6.07) is 7.37. The van der Waals surface area contributed by atoms with Crippen LogP contribution in [0.3, 0.4) is 0 Å². The largest absolute Gasteiger partial charge is 0.465 e. The second kappa shape index (κ2) is 5.89. The van der Waals surface area contributed by atoms with Gasteiger partial charge in [0.05, 0.1) is 6.26 Å². The third-order valence-corrected chi connectivity index (χ3v) is 3.78. The van der Waals surface area contributed by atoms with Crippen molar-refractivity contribution in [2.75, 3.05) is 5.32 Å². The van der Waals surface area contributed by atoms with Crippen molar-refractivity contribution in [3.63, 3.8) is 0 Å². The van der Waals surface area contributed by atoms with Gasteiger partial charge in [-0.25, -0.2) is 0 Å². The van der Waals surface area contributed by atoms with Crippen molar-refractivity contribution in [2.45, 2.75) is 13.8 Å². The van der Waals surface area contributed by atoms with Crippen LogP contribution in [0.25, 0.3) is 6.08 Å². The molecule has 1 aromatic heterocycles. The normalized spacial score (nSPS) is 10.9. The van der Waals surface area contributed by atoms with E-state index in [1.807, 2.05) is 26.0 Å². The van der Waals surface area contributed by atoms with Crippen molar-refractivity contribution in [1.82, 2.24) is 0 Å². The van der Waals surface area contributed by atoms with Crippen molar-refractivity contribution < 1.29 is 9.21 Å². The van der Waals surface area contributed by atoms with E-state index in [0.717, 1.165) is 21.3 Å². The maximum Gasteiger partial charge on any atom is 0.248 e. The SMILES string of the molecule is Cc1c(Br)ccc(NC(=O)C=Cc2ccco2)c1C. The molecule has 0 spiro atoms. The second-order valence-corrected chi connectivity index (χ2v) is 5.04. The van der Waals surface area contributed by atoms with Gasteiger partial charge >= 0.3 is 0 Å². The molecule has 2 aromatic rings. The van der Waals surface area contributed by atoms with E-state index in [9.17, 15) is 4.79 Å². The Balaban J connectivity index is 2.09. The third-order valence-electron chi connectivity index (χ3n) is 2.92. The molecule has 1 heterocycles. The molecule has 98 valence electrons. The van der Waals surface area contributed by atoms with E-state index in [4.69, 9.17) is 4.42 Å². The van der Waals surface area contributed by atoms with Crippen LogP contribution < -0.4 is 5.32 Å². The van der Waals surface area contributed by atoms with Gasteiger partial charge in [-0.1, -0.05) is 15.9 Å². The number of amides is 1. The highest BCUT2D eigenvalue weighted by Gasteiger charge is 2.06. The van der Waals surface area contributed by atoms with Gasteiger partial charge in [-0.05, 0) is 55.3 Å². The number of hydrogen-bond donors (Lipinski definition) is 1. The molecule has 0 bridgehead atoms. The molecule has 0 aliphatic rings. The predicted octanol–water partition coefficient (Wildman–Crippen LogP) is 4.31. The molecule has 1 N–H and O–H groups in total. The summed E-state index contributed by atoms with van der Waals surface area (Å²) in [6.07, 6.45) is 4.66. The van der Waals surface area contributed by atoms with Gasteiger partial charge in [-0.3, -0.25) is 4.79 Å². The number of carbonyl (C=O) groups is 1. The van der Waals surface area contributed by atoms with E-state index in [0.29, 0.717) is 5.76 Å². The van der Waals surface area contributed by atoms with Crippen LogP contribution in [0.4, 0.5) is 5.69 Å². The summed E-state index contributed by atoms with van der Waals surface area (Å²) in [4.78, 5) is 11.8. The zero-order valence-electron chi connectivity index (χ0n) is 10.7. The van der Waals surface area contributed by atoms with E-state index in [1.165, 1.54) is 6.08 Å². The summed E-state index contributed by atoms with van der Waals surface area (Å²) in [7, 11) is 0. The van der Waals surface area contributed by atoms with Gasteiger partial charge in [0.2, 0.25) is 5.91 Å². The van der Waals surface area contributed by atoms with Crippen LogP contribution in [0.5, 0.6) is 0 Å². The first-order valence-corrected chi connectivity index (χ1v) is 6.65. The smallest absolute Gasteiger partial charge is 0.248 e. The van der Waals surface area contributed by atoms with Gasteiger partial charge < -0.3 is 9.73 Å². The lowest BCUT2D eigenvalue weighted by Gasteiger charge is -2.10. The zero-order chi connectivity index (χ0) is 13.8. The lowest BCUT2D eigenvalue weighted by atomic mass is 10.1. The Morgan fingerprint density at radius 3 is 2.74 bits per heavy atom. The summed E-state index contributed by atoms with van der Waals surface area (Å²) < 4.78 is 6.16. The number of hydrogen-bond acceptors (Lipinski definition) is 2. The highest BCUT2D eigenvalue weighted by Crippen LogP contribution is 2.25. The Morgan fingerprint density at radius 1 is 1.26 bits per heavy atom. The molecule has 0 fully saturated rings. The number of rotatable bonds is 3. The first-order valence-electron chi connectivity index (χ1n) is 5.86. The van der Waals surface area contributed by atoms with E-state index < -0.39 is 0 Å². The van der Waals surface area contributed by atoms with Crippen LogP contribution in [0, 0.1) is 13.8 Å². The first-order chi connectivity index (χ1) is 9.08. The maximum absolute atomic E-state index is 11.8. The van der Waals surface area contributed by atoms with Gasteiger partial charge in [0.25, 0.3) is 0 Å². The van der Waals surface area contributed by atoms with Crippen molar-refractivity contribution in [2.24, 2.45) is 0 Å². The fourth-order valence-electron chi connectivity index (χ4n) is 1.64. The predicted molar refractivity (Wildman–Crippen MR) is 80.0 cm³/mol. The molecule has 0 radical (unpaired) electrons. The lowest BCUT2D eigenvalue weighted by Crippen LogP contribution is -2.09. The molecular formula is C15H14BrNO2. The highest BCUT2D eigenvalue weighted by atomic mass is 79.9. The summed E-state index contributed by atoms with van der Waals surface area (Å²) in [5.41, 5.74) is 2.98. The number of carbonyl (C=O) groups excluding carboxylic acids is 1. The van der Waals surface area contributed by atoms with E-state index >= 15 is 0 Å². The molecule has 0 saturated heterocycles. The van der Waals surface area contributed by atoms with Gasteiger partial charge in [0, 0.05) is 16.2 Å². The summed E-state index contributed by atoms with van der Waals surface area (Å²) in [5, 5.41) is 2.85.